The Morgan fingerprint density at radius 3 is 2.40 bits per heavy atom. The molecule has 0 aliphatic carbocycles. The molecular weight excluding hydrogens is 262 g/mol. The molecule has 0 aromatic rings. The molecule has 0 spiro atoms. The first-order valence-corrected chi connectivity index (χ1v) is 7.04. The Morgan fingerprint density at radius 2 is 1.85 bits per heavy atom. The van der Waals surface area contributed by atoms with Gasteiger partial charge in [-0.3, -0.25) is 4.90 Å². The summed E-state index contributed by atoms with van der Waals surface area (Å²) in [7, 11) is 0. The Balaban J connectivity index is 2.24. The molecule has 0 radical (unpaired) electrons. The molecule has 20 heavy (non-hydrogen) atoms. The quantitative estimate of drug-likeness (QED) is 0.550. The largest absolute Gasteiger partial charge is 0.479 e. The lowest BCUT2D eigenvalue weighted by Gasteiger charge is -2.32. The number of piperidine rings is 1. The fraction of sp³-hybridized carbons (Fsp3) is 0.846. The van der Waals surface area contributed by atoms with Crippen molar-refractivity contribution in [2.24, 2.45) is 0 Å². The third-order valence-corrected chi connectivity index (χ3v) is 3.63. The van der Waals surface area contributed by atoms with Crippen molar-refractivity contribution in [3.8, 4) is 0 Å². The van der Waals surface area contributed by atoms with Crippen molar-refractivity contribution in [1.29, 1.82) is 0 Å². The zero-order valence-corrected chi connectivity index (χ0v) is 12.2. The van der Waals surface area contributed by atoms with E-state index in [2.05, 4.69) is 22.5 Å². The van der Waals surface area contributed by atoms with Gasteiger partial charge >= 0.3 is 12.0 Å². The number of hydrogen-bond donors (Lipinski definition) is 4. The number of hydrogen-bond acceptors (Lipinski definition) is 4. The lowest BCUT2D eigenvalue weighted by Crippen LogP contribution is -2.51. The minimum absolute atomic E-state index is 0.251. The van der Waals surface area contributed by atoms with Crippen LogP contribution >= 0.6 is 0 Å². The van der Waals surface area contributed by atoms with Crippen LogP contribution in [0.25, 0.3) is 0 Å². The number of nitrogens with one attached hydrogen (secondary N) is 2. The zero-order chi connectivity index (χ0) is 15.2. The van der Waals surface area contributed by atoms with E-state index >= 15 is 0 Å². The molecule has 116 valence electrons. The summed E-state index contributed by atoms with van der Waals surface area (Å²) in [6, 6.07) is -0.212. The van der Waals surface area contributed by atoms with E-state index in [1.54, 1.807) is 0 Å². The van der Waals surface area contributed by atoms with Crippen LogP contribution in [0.3, 0.4) is 0 Å². The van der Waals surface area contributed by atoms with Gasteiger partial charge in [-0.2, -0.15) is 0 Å². The monoisotopic (exact) mass is 287 g/mol. The summed E-state index contributed by atoms with van der Waals surface area (Å²) in [6.45, 7) is 5.48. The Hall–Kier alpha value is -1.34. The average Bonchev–Trinajstić information content (AvgIpc) is 2.43. The van der Waals surface area contributed by atoms with Gasteiger partial charge in [-0.15, -0.1) is 0 Å². The van der Waals surface area contributed by atoms with Crippen LogP contribution in [0.4, 0.5) is 4.79 Å². The molecule has 0 aromatic carbocycles. The van der Waals surface area contributed by atoms with Crippen LogP contribution in [-0.2, 0) is 4.79 Å². The summed E-state index contributed by atoms with van der Waals surface area (Å²) < 4.78 is 0. The number of carboxylic acid groups (broad SMARTS) is 1. The number of rotatable bonds is 6. The third kappa shape index (κ3) is 5.34. The number of carbonyl (C=O) groups excluding carboxylic acids is 1. The standard InChI is InChI=1S/C13H25N3O4/c1-10(16-6-4-3-5-7-16)8-14-12(19)15-9-13(2,20)11(17)18/h10,20H,3-9H2,1-2H3,(H,17,18)(H2,14,15,19). The van der Waals surface area contributed by atoms with E-state index in [4.69, 9.17) is 5.11 Å². The van der Waals surface area contributed by atoms with Gasteiger partial charge < -0.3 is 20.8 Å². The molecule has 0 aromatic heterocycles. The Kier molecular flexibility index (Phi) is 6.22. The van der Waals surface area contributed by atoms with Crippen molar-refractivity contribution in [3.63, 3.8) is 0 Å². The minimum Gasteiger partial charge on any atom is -0.479 e. The van der Waals surface area contributed by atoms with Crippen molar-refractivity contribution < 1.29 is 19.8 Å². The number of nitrogens with zero attached hydrogens (tertiary/aromatic N) is 1. The second-order valence-electron chi connectivity index (χ2n) is 5.59. The first-order chi connectivity index (χ1) is 9.33. The minimum atomic E-state index is -1.95. The highest BCUT2D eigenvalue weighted by molar-refractivity contribution is 5.79. The van der Waals surface area contributed by atoms with Gasteiger partial charge in [0.2, 0.25) is 0 Å². The Labute approximate surface area is 119 Å². The number of amides is 2. The number of aliphatic carboxylic acids is 1. The predicted octanol–water partition coefficient (Wildman–Crippen LogP) is -0.00440. The maximum Gasteiger partial charge on any atom is 0.337 e. The van der Waals surface area contributed by atoms with Gasteiger partial charge in [-0.1, -0.05) is 6.42 Å². The van der Waals surface area contributed by atoms with Gasteiger partial charge in [0.25, 0.3) is 0 Å². The van der Waals surface area contributed by atoms with Crippen molar-refractivity contribution in [2.75, 3.05) is 26.2 Å². The second-order valence-corrected chi connectivity index (χ2v) is 5.59. The summed E-state index contributed by atoms with van der Waals surface area (Å²) in [6.07, 6.45) is 3.65. The Morgan fingerprint density at radius 1 is 1.25 bits per heavy atom. The lowest BCUT2D eigenvalue weighted by molar-refractivity contribution is -0.155. The van der Waals surface area contributed by atoms with Crippen LogP contribution in [-0.4, -0.2) is 64.9 Å². The molecule has 0 saturated carbocycles. The first-order valence-electron chi connectivity index (χ1n) is 7.04. The van der Waals surface area contributed by atoms with E-state index in [0.717, 1.165) is 20.0 Å². The van der Waals surface area contributed by atoms with Crippen molar-refractivity contribution in [2.45, 2.75) is 44.8 Å². The SMILES string of the molecule is CC(CNC(=O)NCC(C)(O)C(=O)O)N1CCCCC1. The molecule has 1 saturated heterocycles. The van der Waals surface area contributed by atoms with Gasteiger partial charge in [0.05, 0.1) is 6.54 Å². The molecule has 1 fully saturated rings. The van der Waals surface area contributed by atoms with Gasteiger partial charge in [-0.05, 0) is 39.8 Å². The lowest BCUT2D eigenvalue weighted by atomic mass is 10.1. The average molecular weight is 287 g/mol. The number of urea groups is 1. The topological polar surface area (TPSA) is 102 Å². The third-order valence-electron chi connectivity index (χ3n) is 3.63. The number of likely N-dealkylation sites (tertiary alicyclic amines) is 1. The molecule has 1 heterocycles. The molecule has 0 bridgehead atoms. The van der Waals surface area contributed by atoms with Crippen molar-refractivity contribution in [3.05, 3.63) is 0 Å². The summed E-state index contributed by atoms with van der Waals surface area (Å²) >= 11 is 0. The van der Waals surface area contributed by atoms with E-state index in [1.807, 2.05) is 0 Å². The molecule has 7 nitrogen and oxygen atoms in total. The first kappa shape index (κ1) is 16.7. The molecule has 1 aliphatic rings. The molecule has 1 aliphatic heterocycles. The van der Waals surface area contributed by atoms with Crippen LogP contribution in [0.5, 0.6) is 0 Å². The molecule has 2 unspecified atom stereocenters. The van der Waals surface area contributed by atoms with E-state index in [1.165, 1.54) is 19.3 Å². The van der Waals surface area contributed by atoms with Gasteiger partial charge in [0.1, 0.15) is 0 Å². The van der Waals surface area contributed by atoms with Crippen LogP contribution in [0.15, 0.2) is 0 Å². The van der Waals surface area contributed by atoms with Crippen LogP contribution < -0.4 is 10.6 Å². The van der Waals surface area contributed by atoms with E-state index in [0.29, 0.717) is 6.54 Å². The molecule has 2 atom stereocenters. The number of aliphatic hydroxyl groups is 1. The van der Waals surface area contributed by atoms with Gasteiger partial charge in [0.15, 0.2) is 5.60 Å². The van der Waals surface area contributed by atoms with Crippen LogP contribution in [0.2, 0.25) is 0 Å². The highest BCUT2D eigenvalue weighted by Crippen LogP contribution is 2.11. The summed E-state index contributed by atoms with van der Waals surface area (Å²) in [5, 5.41) is 23.2. The molecule has 7 heteroatoms. The molecule has 2 amide bonds. The fourth-order valence-electron chi connectivity index (χ4n) is 2.12. The summed E-state index contributed by atoms with van der Waals surface area (Å²) in [5.41, 5.74) is -1.95. The van der Waals surface area contributed by atoms with E-state index in [-0.39, 0.29) is 12.6 Å². The molecule has 1 rings (SSSR count). The van der Waals surface area contributed by atoms with Gasteiger partial charge in [-0.25, -0.2) is 9.59 Å². The molecular formula is C13H25N3O4. The zero-order valence-electron chi connectivity index (χ0n) is 12.2. The van der Waals surface area contributed by atoms with Crippen LogP contribution in [0, 0.1) is 0 Å². The van der Waals surface area contributed by atoms with E-state index in [9.17, 15) is 14.7 Å². The highest BCUT2D eigenvalue weighted by atomic mass is 16.4. The fourth-order valence-corrected chi connectivity index (χ4v) is 2.12. The van der Waals surface area contributed by atoms with Crippen molar-refractivity contribution >= 4 is 12.0 Å². The Bertz CT molecular complexity index is 341. The molecule has 4 N–H and O–H groups in total. The number of carboxylic acids is 1. The summed E-state index contributed by atoms with van der Waals surface area (Å²) in [4.78, 5) is 24.6. The maximum absolute atomic E-state index is 11.6. The van der Waals surface area contributed by atoms with Crippen molar-refractivity contribution in [1.82, 2.24) is 15.5 Å². The van der Waals surface area contributed by atoms with Gasteiger partial charge in [0, 0.05) is 12.6 Å². The summed E-state index contributed by atoms with van der Waals surface area (Å²) in [5.74, 6) is -1.36. The maximum atomic E-state index is 11.6. The predicted molar refractivity (Wildman–Crippen MR) is 74.5 cm³/mol. The smallest absolute Gasteiger partial charge is 0.337 e. The highest BCUT2D eigenvalue weighted by Gasteiger charge is 2.30. The second kappa shape index (κ2) is 7.44. The normalized spacial score (nSPS) is 20.8. The number of carbonyl (C=O) groups is 2. The van der Waals surface area contributed by atoms with Crippen LogP contribution in [0.1, 0.15) is 33.1 Å². The van der Waals surface area contributed by atoms with E-state index < -0.39 is 17.6 Å².